The summed E-state index contributed by atoms with van der Waals surface area (Å²) in [5, 5.41) is 0. The van der Waals surface area contributed by atoms with Crippen LogP contribution in [0.4, 0.5) is 0 Å². The molecule has 0 aliphatic carbocycles. The Labute approximate surface area is 79.7 Å². The van der Waals surface area contributed by atoms with Crippen LogP contribution in [0.1, 0.15) is 43.1 Å². The molecule has 0 atom stereocenters. The van der Waals surface area contributed by atoms with E-state index in [2.05, 4.69) is 25.7 Å². The Kier molecular flexibility index (Phi) is 24.1. The molecule has 0 aliphatic heterocycles. The van der Waals surface area contributed by atoms with Gasteiger partial charge in [0.2, 0.25) is 0 Å². The molecule has 12 heavy (non-hydrogen) atoms. The molecule has 0 unspecified atom stereocenters. The minimum atomic E-state index is 0. The quantitative estimate of drug-likeness (QED) is 0.512. The average Bonchev–Trinajstić information content (AvgIpc) is 1.63. The molecule has 0 spiro atoms. The Morgan fingerprint density at radius 1 is 1.08 bits per heavy atom. The van der Waals surface area contributed by atoms with E-state index in [4.69, 9.17) is 0 Å². The Morgan fingerprint density at radius 2 is 1.50 bits per heavy atom. The van der Waals surface area contributed by atoms with Crippen LogP contribution in [-0.4, -0.2) is 0 Å². The van der Waals surface area contributed by atoms with Gasteiger partial charge in [-0.05, 0) is 20.8 Å². The normalized spacial score (nSPS) is 9.42. The first-order valence-electron chi connectivity index (χ1n) is 3.13. The Bertz CT molecular complexity index is 147. The standard InChI is InChI=1S/C9H14.3CH4/c1-5-6-9(4)7-8(2)3;;;/h5-7H,2H2,1,3-4H3;3*1H4/b6-5+,9-7-;;;. The van der Waals surface area contributed by atoms with Gasteiger partial charge in [0.1, 0.15) is 0 Å². The number of hydrogen-bond acceptors (Lipinski definition) is 0. The highest BCUT2D eigenvalue weighted by atomic mass is 13.8. The third-order valence-electron chi connectivity index (χ3n) is 0.904. The van der Waals surface area contributed by atoms with Crippen LogP contribution in [-0.2, 0) is 0 Å². The van der Waals surface area contributed by atoms with Crippen LogP contribution in [0.2, 0.25) is 0 Å². The molecule has 0 amide bonds. The van der Waals surface area contributed by atoms with Crippen LogP contribution >= 0.6 is 0 Å². The lowest BCUT2D eigenvalue weighted by atomic mass is 10.2. The van der Waals surface area contributed by atoms with Gasteiger partial charge in [-0.3, -0.25) is 0 Å². The van der Waals surface area contributed by atoms with Crippen molar-refractivity contribution in [1.82, 2.24) is 0 Å². The molecule has 0 rings (SSSR count). The van der Waals surface area contributed by atoms with E-state index >= 15 is 0 Å². The smallest absolute Gasteiger partial charge is 0.0398 e. The molecule has 0 aromatic heterocycles. The molecule has 0 bridgehead atoms. The molecule has 0 aromatic carbocycles. The fraction of sp³-hybridized carbons (Fsp3) is 0.500. The van der Waals surface area contributed by atoms with E-state index in [1.807, 2.05) is 19.9 Å². The summed E-state index contributed by atoms with van der Waals surface area (Å²) in [6.07, 6.45) is 6.14. The molecule has 0 nitrogen and oxygen atoms in total. The van der Waals surface area contributed by atoms with Crippen molar-refractivity contribution in [2.24, 2.45) is 0 Å². The summed E-state index contributed by atoms with van der Waals surface area (Å²) in [4.78, 5) is 0. The Hall–Kier alpha value is -0.780. The van der Waals surface area contributed by atoms with Crippen molar-refractivity contribution in [2.45, 2.75) is 43.1 Å². The third-order valence-corrected chi connectivity index (χ3v) is 0.904. The molecule has 0 radical (unpaired) electrons. The minimum Gasteiger partial charge on any atom is -0.0961 e. The molecule has 0 heterocycles. The molecule has 0 aromatic rings. The highest BCUT2D eigenvalue weighted by molar-refractivity contribution is 5.24. The van der Waals surface area contributed by atoms with Gasteiger partial charge in [-0.2, -0.15) is 0 Å². The fourth-order valence-corrected chi connectivity index (χ4v) is 0.700. The molecule has 0 saturated carbocycles. The van der Waals surface area contributed by atoms with Gasteiger partial charge >= 0.3 is 0 Å². The third kappa shape index (κ3) is 16.1. The van der Waals surface area contributed by atoms with Gasteiger partial charge in [-0.1, -0.05) is 58.2 Å². The summed E-state index contributed by atoms with van der Waals surface area (Å²) in [7, 11) is 0. The van der Waals surface area contributed by atoms with E-state index in [1.54, 1.807) is 0 Å². The summed E-state index contributed by atoms with van der Waals surface area (Å²) >= 11 is 0. The van der Waals surface area contributed by atoms with E-state index in [0.29, 0.717) is 0 Å². The Morgan fingerprint density at radius 3 is 1.75 bits per heavy atom. The monoisotopic (exact) mass is 170 g/mol. The lowest BCUT2D eigenvalue weighted by Crippen LogP contribution is -1.68. The summed E-state index contributed by atoms with van der Waals surface area (Å²) < 4.78 is 0. The topological polar surface area (TPSA) is 0 Å². The van der Waals surface area contributed by atoms with E-state index in [-0.39, 0.29) is 22.3 Å². The van der Waals surface area contributed by atoms with Gasteiger partial charge in [0.15, 0.2) is 0 Å². The first-order chi connectivity index (χ1) is 4.16. The van der Waals surface area contributed by atoms with Crippen LogP contribution in [0, 0.1) is 0 Å². The van der Waals surface area contributed by atoms with Gasteiger partial charge in [0.25, 0.3) is 0 Å². The lowest BCUT2D eigenvalue weighted by molar-refractivity contribution is 1.44. The lowest BCUT2D eigenvalue weighted by Gasteiger charge is -1.89. The first-order valence-corrected chi connectivity index (χ1v) is 3.13. The highest BCUT2D eigenvalue weighted by Gasteiger charge is 1.78. The van der Waals surface area contributed by atoms with Crippen molar-refractivity contribution in [1.29, 1.82) is 0 Å². The van der Waals surface area contributed by atoms with Gasteiger partial charge in [-0.25, -0.2) is 0 Å². The number of hydrogen-bond donors (Lipinski definition) is 0. The number of allylic oxidation sites excluding steroid dienone is 5. The van der Waals surface area contributed by atoms with Crippen molar-refractivity contribution in [2.75, 3.05) is 0 Å². The van der Waals surface area contributed by atoms with E-state index in [1.165, 1.54) is 5.57 Å². The fourth-order valence-electron chi connectivity index (χ4n) is 0.700. The molecule has 0 heteroatoms. The summed E-state index contributed by atoms with van der Waals surface area (Å²) in [5.41, 5.74) is 2.36. The highest BCUT2D eigenvalue weighted by Crippen LogP contribution is 1.99. The van der Waals surface area contributed by atoms with Crippen LogP contribution in [0.15, 0.2) is 36.0 Å². The van der Waals surface area contributed by atoms with Crippen LogP contribution in [0.5, 0.6) is 0 Å². The second-order valence-corrected chi connectivity index (χ2v) is 2.23. The minimum absolute atomic E-state index is 0. The molecule has 0 saturated heterocycles. The molecule has 0 fully saturated rings. The van der Waals surface area contributed by atoms with Crippen molar-refractivity contribution < 1.29 is 0 Å². The second-order valence-electron chi connectivity index (χ2n) is 2.23. The predicted molar refractivity (Wildman–Crippen MR) is 63.6 cm³/mol. The molecular weight excluding hydrogens is 144 g/mol. The molecule has 0 N–H and O–H groups in total. The summed E-state index contributed by atoms with van der Waals surface area (Å²) in [6, 6.07) is 0. The molecule has 0 aliphatic rings. The van der Waals surface area contributed by atoms with Gasteiger partial charge in [-0.15, -0.1) is 0 Å². The van der Waals surface area contributed by atoms with Crippen molar-refractivity contribution >= 4 is 0 Å². The van der Waals surface area contributed by atoms with Gasteiger partial charge in [0.05, 0.1) is 0 Å². The van der Waals surface area contributed by atoms with Gasteiger partial charge in [0, 0.05) is 0 Å². The predicted octanol–water partition coefficient (Wildman–Crippen LogP) is 4.99. The zero-order valence-electron chi connectivity index (χ0n) is 6.44. The molecule has 74 valence electrons. The first kappa shape index (κ1) is 22.5. The van der Waals surface area contributed by atoms with Gasteiger partial charge < -0.3 is 0 Å². The van der Waals surface area contributed by atoms with Crippen LogP contribution in [0.25, 0.3) is 0 Å². The van der Waals surface area contributed by atoms with Crippen LogP contribution in [0.3, 0.4) is 0 Å². The van der Waals surface area contributed by atoms with Crippen molar-refractivity contribution in [3.63, 3.8) is 0 Å². The Balaban J connectivity index is -0.000000107. The maximum atomic E-state index is 3.77. The average molecular weight is 170 g/mol. The maximum absolute atomic E-state index is 3.77. The summed E-state index contributed by atoms with van der Waals surface area (Å²) in [5.74, 6) is 0. The van der Waals surface area contributed by atoms with Crippen molar-refractivity contribution in [3.05, 3.63) is 36.0 Å². The maximum Gasteiger partial charge on any atom is -0.0398 e. The van der Waals surface area contributed by atoms with Crippen molar-refractivity contribution in [3.8, 4) is 0 Å². The van der Waals surface area contributed by atoms with E-state index < -0.39 is 0 Å². The largest absolute Gasteiger partial charge is 0.0961 e. The van der Waals surface area contributed by atoms with E-state index in [9.17, 15) is 0 Å². The molecular formula is C12H26. The second kappa shape index (κ2) is 12.9. The number of rotatable bonds is 2. The summed E-state index contributed by atoms with van der Waals surface area (Å²) in [6.45, 7) is 9.83. The zero-order chi connectivity index (χ0) is 7.28. The SMILES string of the molecule is C.C.C.C=C(C)/C=C(C)\C=C\C. The van der Waals surface area contributed by atoms with E-state index in [0.717, 1.165) is 5.57 Å². The van der Waals surface area contributed by atoms with Crippen LogP contribution < -0.4 is 0 Å². The zero-order valence-corrected chi connectivity index (χ0v) is 6.44.